The number of likely N-dealkylation sites (N-methyl/N-ethyl adjacent to an activating group) is 1. The number of nitrogens with one attached hydrogen (secondary N) is 2. The molecule has 3 N–H and O–H groups in total. The number of carbonyl (C=O) groups is 1. The first-order valence-electron chi connectivity index (χ1n) is 11.2. The number of carbonyl (C=O) groups excluding carboxylic acids is 1. The second kappa shape index (κ2) is 6.53. The molecule has 2 aromatic heterocycles. The molecule has 7 heteroatoms. The van der Waals surface area contributed by atoms with Gasteiger partial charge in [-0.25, -0.2) is 4.98 Å². The molecule has 3 heterocycles. The summed E-state index contributed by atoms with van der Waals surface area (Å²) < 4.78 is 0. The lowest BCUT2D eigenvalue weighted by molar-refractivity contribution is 0.0922. The summed E-state index contributed by atoms with van der Waals surface area (Å²) in [5.41, 5.74) is 3.93. The van der Waals surface area contributed by atoms with Crippen LogP contribution in [-0.2, 0) is 0 Å². The van der Waals surface area contributed by atoms with Gasteiger partial charge in [-0.15, -0.1) is 0 Å². The first kappa shape index (κ1) is 18.8. The second-order valence-corrected chi connectivity index (χ2v) is 9.48. The Morgan fingerprint density at radius 2 is 2.10 bits per heavy atom. The van der Waals surface area contributed by atoms with Gasteiger partial charge in [-0.05, 0) is 75.9 Å². The van der Waals surface area contributed by atoms with Gasteiger partial charge in [-0.3, -0.25) is 14.8 Å². The Hall–Kier alpha value is -2.93. The van der Waals surface area contributed by atoms with E-state index in [0.717, 1.165) is 29.5 Å². The lowest BCUT2D eigenvalue weighted by Gasteiger charge is -2.30. The van der Waals surface area contributed by atoms with Crippen LogP contribution in [0.5, 0.6) is 5.75 Å². The van der Waals surface area contributed by atoms with Gasteiger partial charge in [0.2, 0.25) is 0 Å². The highest BCUT2D eigenvalue weighted by molar-refractivity contribution is 6.07. The lowest BCUT2D eigenvalue weighted by Crippen LogP contribution is -2.43. The Morgan fingerprint density at radius 1 is 1.29 bits per heavy atom. The fourth-order valence-electron chi connectivity index (χ4n) is 6.47. The van der Waals surface area contributed by atoms with E-state index in [1.54, 1.807) is 24.3 Å². The number of aryl methyl sites for hydroxylation is 1. The summed E-state index contributed by atoms with van der Waals surface area (Å²) in [6, 6.07) is 9.52. The molecule has 1 aromatic carbocycles. The number of hydrogen-bond donors (Lipinski definition) is 3. The van der Waals surface area contributed by atoms with Crippen molar-refractivity contribution in [3.05, 3.63) is 41.6 Å². The third-order valence-electron chi connectivity index (χ3n) is 8.00. The van der Waals surface area contributed by atoms with Gasteiger partial charge in [0.05, 0.1) is 22.3 Å². The first-order chi connectivity index (χ1) is 15.0. The number of pyridine rings is 1. The summed E-state index contributed by atoms with van der Waals surface area (Å²) in [6.07, 6.45) is 5.99. The first-order valence-corrected chi connectivity index (χ1v) is 11.2. The molecule has 6 rings (SSSR count). The number of nitrogens with zero attached hydrogens (tertiary/aromatic N) is 3. The van der Waals surface area contributed by atoms with Crippen LogP contribution in [0.2, 0.25) is 0 Å². The normalized spacial score (nSPS) is 31.3. The van der Waals surface area contributed by atoms with E-state index in [-0.39, 0.29) is 17.7 Å². The Bertz CT molecular complexity index is 1190. The molecular weight excluding hydrogens is 390 g/mol. The number of phenols is 1. The average Bonchev–Trinajstić information content (AvgIpc) is 3.09. The average molecular weight is 418 g/mol. The van der Waals surface area contributed by atoms with Gasteiger partial charge in [0.25, 0.3) is 5.91 Å². The minimum Gasteiger partial charge on any atom is -0.508 e. The summed E-state index contributed by atoms with van der Waals surface area (Å²) >= 11 is 0. The van der Waals surface area contributed by atoms with Crippen molar-refractivity contribution < 1.29 is 9.90 Å². The molecule has 3 unspecified atom stereocenters. The lowest BCUT2D eigenvalue weighted by atomic mass is 9.78. The van der Waals surface area contributed by atoms with Gasteiger partial charge in [0.15, 0.2) is 5.65 Å². The number of rotatable bonds is 3. The molecule has 3 fully saturated rings. The van der Waals surface area contributed by atoms with Crippen molar-refractivity contribution in [1.29, 1.82) is 0 Å². The van der Waals surface area contributed by atoms with Crippen LogP contribution in [0.15, 0.2) is 30.3 Å². The van der Waals surface area contributed by atoms with E-state index in [2.05, 4.69) is 32.4 Å². The van der Waals surface area contributed by atoms with E-state index < -0.39 is 0 Å². The molecule has 3 aliphatic rings. The molecule has 1 saturated heterocycles. The van der Waals surface area contributed by atoms with Gasteiger partial charge >= 0.3 is 0 Å². The van der Waals surface area contributed by atoms with Gasteiger partial charge in [0.1, 0.15) is 5.75 Å². The minimum atomic E-state index is -0.0595. The molecule has 5 atom stereocenters. The van der Waals surface area contributed by atoms with Crippen molar-refractivity contribution in [1.82, 2.24) is 25.4 Å². The third-order valence-corrected chi connectivity index (χ3v) is 8.00. The van der Waals surface area contributed by atoms with Crippen molar-refractivity contribution >= 4 is 16.9 Å². The standard InChI is InChI=1S/C24H27N5O2/c1-13-21-18(12-19(26-22(21)28-27-13)14-5-7-17(30)8-6-14)23(31)25-16-10-15-4-3-9-24(15)20(11-16)29(24)2/h5-8,12,15-16,20,30H,3-4,9-11H2,1-2H3,(H,25,31)(H,26,27,28)/t15-,16?,20-,24?,29?/m0/s1. The van der Waals surface area contributed by atoms with Crippen LogP contribution in [0.4, 0.5) is 0 Å². The van der Waals surface area contributed by atoms with Crippen LogP contribution in [0.25, 0.3) is 22.3 Å². The SMILES string of the molecule is Cc1n[nH]c2nc(-c3ccc(O)cc3)cc(C(=O)NC3C[C@@H]4CCCC45[C@H](C3)N5C)c12. The van der Waals surface area contributed by atoms with E-state index in [0.29, 0.717) is 34.4 Å². The van der Waals surface area contributed by atoms with E-state index in [1.807, 2.05) is 13.0 Å². The fourth-order valence-corrected chi connectivity index (χ4v) is 6.47. The Balaban J connectivity index is 1.32. The smallest absolute Gasteiger partial charge is 0.252 e. The molecular formula is C24H27N5O2. The number of hydrogen-bond acceptors (Lipinski definition) is 5. The Morgan fingerprint density at radius 3 is 2.90 bits per heavy atom. The van der Waals surface area contributed by atoms with Crippen LogP contribution in [0.3, 0.4) is 0 Å². The van der Waals surface area contributed by atoms with Gasteiger partial charge in [0, 0.05) is 23.2 Å². The van der Waals surface area contributed by atoms with E-state index in [4.69, 9.17) is 0 Å². The number of aromatic amines is 1. The summed E-state index contributed by atoms with van der Waals surface area (Å²) in [5, 5.41) is 21.0. The van der Waals surface area contributed by atoms with Crippen LogP contribution in [0, 0.1) is 12.8 Å². The highest BCUT2D eigenvalue weighted by atomic mass is 16.3. The number of phenolic OH excluding ortho intramolecular Hbond substituents is 1. The van der Waals surface area contributed by atoms with Gasteiger partial charge < -0.3 is 10.4 Å². The molecule has 7 nitrogen and oxygen atoms in total. The van der Waals surface area contributed by atoms with E-state index in [9.17, 15) is 9.90 Å². The van der Waals surface area contributed by atoms with Crippen LogP contribution in [0.1, 0.15) is 48.2 Å². The summed E-state index contributed by atoms with van der Waals surface area (Å²) in [4.78, 5) is 20.7. The highest BCUT2D eigenvalue weighted by Crippen LogP contribution is 2.60. The van der Waals surface area contributed by atoms with Crippen molar-refractivity contribution in [2.24, 2.45) is 5.92 Å². The molecule has 160 valence electrons. The molecule has 2 aliphatic carbocycles. The maximum Gasteiger partial charge on any atom is 0.252 e. The topological polar surface area (TPSA) is 93.9 Å². The van der Waals surface area contributed by atoms with Crippen molar-refractivity contribution in [2.45, 2.75) is 56.7 Å². The van der Waals surface area contributed by atoms with Gasteiger partial charge in [-0.2, -0.15) is 5.10 Å². The zero-order valence-electron chi connectivity index (χ0n) is 17.9. The molecule has 1 spiro atoms. The van der Waals surface area contributed by atoms with E-state index >= 15 is 0 Å². The number of H-pyrrole nitrogens is 1. The van der Waals surface area contributed by atoms with E-state index in [1.165, 1.54) is 19.3 Å². The number of benzene rings is 1. The summed E-state index contributed by atoms with van der Waals surface area (Å²) in [5.74, 6) is 0.837. The minimum absolute atomic E-state index is 0.0595. The predicted molar refractivity (Wildman–Crippen MR) is 118 cm³/mol. The highest BCUT2D eigenvalue weighted by Gasteiger charge is 2.68. The molecule has 31 heavy (non-hydrogen) atoms. The monoisotopic (exact) mass is 417 g/mol. The van der Waals surface area contributed by atoms with Crippen LogP contribution < -0.4 is 5.32 Å². The molecule has 2 saturated carbocycles. The molecule has 1 amide bonds. The zero-order valence-corrected chi connectivity index (χ0v) is 17.9. The zero-order chi connectivity index (χ0) is 21.3. The predicted octanol–water partition coefficient (Wildman–Crippen LogP) is 3.38. The quantitative estimate of drug-likeness (QED) is 0.568. The second-order valence-electron chi connectivity index (χ2n) is 9.48. The molecule has 0 bridgehead atoms. The number of fused-ring (bicyclic) bond motifs is 1. The summed E-state index contributed by atoms with van der Waals surface area (Å²) in [7, 11) is 2.25. The largest absolute Gasteiger partial charge is 0.508 e. The number of likely N-dealkylation sites (tertiary alicyclic amines) is 1. The van der Waals surface area contributed by atoms with Crippen LogP contribution in [-0.4, -0.2) is 55.8 Å². The third kappa shape index (κ3) is 2.72. The number of amides is 1. The number of aromatic hydroxyl groups is 1. The fraction of sp³-hybridized carbons (Fsp3) is 0.458. The molecule has 0 radical (unpaired) electrons. The molecule has 1 aliphatic heterocycles. The van der Waals surface area contributed by atoms with Crippen LogP contribution >= 0.6 is 0 Å². The summed E-state index contributed by atoms with van der Waals surface area (Å²) in [6.45, 7) is 1.89. The van der Waals surface area contributed by atoms with Crippen molar-refractivity contribution in [3.8, 4) is 17.0 Å². The maximum atomic E-state index is 13.5. The van der Waals surface area contributed by atoms with Crippen molar-refractivity contribution in [3.63, 3.8) is 0 Å². The Labute approximate surface area is 180 Å². The van der Waals surface area contributed by atoms with Gasteiger partial charge in [-0.1, -0.05) is 6.42 Å². The molecule has 3 aromatic rings. The number of aromatic nitrogens is 3. The Kier molecular flexibility index (Phi) is 3.96. The van der Waals surface area contributed by atoms with Crippen molar-refractivity contribution in [2.75, 3.05) is 7.05 Å². The maximum absolute atomic E-state index is 13.5.